The summed E-state index contributed by atoms with van der Waals surface area (Å²) in [5.74, 6) is 0.444. The third-order valence-corrected chi connectivity index (χ3v) is 10.3. The molecule has 2 aliphatic rings. The quantitative estimate of drug-likeness (QED) is 0.243. The number of anilines is 1. The molecule has 1 N–H and O–H groups in total. The Balaban J connectivity index is 1.41. The Bertz CT molecular complexity index is 1500. The van der Waals surface area contributed by atoms with Gasteiger partial charge in [0.2, 0.25) is 0 Å². The second-order valence-electron chi connectivity index (χ2n) is 12.6. The van der Waals surface area contributed by atoms with Crippen molar-refractivity contribution in [1.29, 1.82) is 0 Å². The molecule has 1 aliphatic carbocycles. The number of Topliss-reactive ketones (excluding diaryl/α,β-unsaturated/α-hetero) is 1. The molecule has 3 aromatic rings. The van der Waals surface area contributed by atoms with E-state index < -0.39 is 5.60 Å². The van der Waals surface area contributed by atoms with E-state index in [0.717, 1.165) is 61.3 Å². The molecule has 234 valence electrons. The van der Waals surface area contributed by atoms with Gasteiger partial charge in [0, 0.05) is 37.0 Å². The average molecular weight is 657 g/mol. The van der Waals surface area contributed by atoms with E-state index in [-0.39, 0.29) is 23.3 Å². The van der Waals surface area contributed by atoms with Crippen LogP contribution in [0.4, 0.5) is 10.5 Å². The summed E-state index contributed by atoms with van der Waals surface area (Å²) in [6.45, 7) is 8.99. The number of amides is 1. The molecule has 2 heterocycles. The summed E-state index contributed by atoms with van der Waals surface area (Å²) in [6, 6.07) is 17.4. The van der Waals surface area contributed by atoms with Crippen LogP contribution in [0.25, 0.3) is 0 Å². The van der Waals surface area contributed by atoms with E-state index in [1.807, 2.05) is 69.3 Å². The van der Waals surface area contributed by atoms with Gasteiger partial charge in [-0.25, -0.2) is 9.78 Å². The van der Waals surface area contributed by atoms with E-state index >= 15 is 0 Å². The van der Waals surface area contributed by atoms with Crippen LogP contribution in [-0.2, 0) is 11.3 Å². The van der Waals surface area contributed by atoms with E-state index in [9.17, 15) is 9.59 Å². The highest BCUT2D eigenvalue weighted by Crippen LogP contribution is 2.48. The van der Waals surface area contributed by atoms with Crippen LogP contribution < -0.4 is 15.0 Å². The van der Waals surface area contributed by atoms with Gasteiger partial charge in [0.25, 0.3) is 0 Å². The van der Waals surface area contributed by atoms with Crippen molar-refractivity contribution in [3.05, 3.63) is 75.9 Å². The maximum absolute atomic E-state index is 13.0. The van der Waals surface area contributed by atoms with E-state index in [1.165, 1.54) is 11.8 Å². The number of alkyl carbamates (subject to hydrolysis) is 1. The number of benzene rings is 2. The molecule has 1 aliphatic heterocycles. The Hall–Kier alpha value is -2.94. The Kier molecular flexibility index (Phi) is 10.0. The van der Waals surface area contributed by atoms with Gasteiger partial charge in [-0.1, -0.05) is 77.8 Å². The second kappa shape index (κ2) is 13.6. The predicted octanol–water partition coefficient (Wildman–Crippen LogP) is 8.99. The van der Waals surface area contributed by atoms with Gasteiger partial charge in [-0.2, -0.15) is 0 Å². The SMILES string of the molecule is CC(=O)c1nc(Sc2cccc(Cl)c2Cl)c(OCc2ccccc2)cc1N1CCC2(CCC[C@H]2NC(=O)OC(C)(C)C)CC1. The number of halogens is 2. The molecule has 2 fully saturated rings. The van der Waals surface area contributed by atoms with Crippen LogP contribution in [0.2, 0.25) is 10.0 Å². The molecule has 44 heavy (non-hydrogen) atoms. The zero-order valence-electron chi connectivity index (χ0n) is 25.6. The fourth-order valence-corrected chi connectivity index (χ4v) is 7.53. The highest BCUT2D eigenvalue weighted by Gasteiger charge is 2.46. The molecule has 1 saturated heterocycles. The lowest BCUT2D eigenvalue weighted by atomic mass is 9.74. The number of ether oxygens (including phenoxy) is 2. The minimum atomic E-state index is -0.544. The van der Waals surface area contributed by atoms with Crippen molar-refractivity contribution in [2.24, 2.45) is 5.41 Å². The molecule has 7 nitrogen and oxygen atoms in total. The Morgan fingerprint density at radius 3 is 2.48 bits per heavy atom. The topological polar surface area (TPSA) is 80.8 Å². The number of nitrogens with one attached hydrogen (secondary N) is 1. The summed E-state index contributed by atoms with van der Waals surface area (Å²) in [4.78, 5) is 33.5. The third-order valence-electron chi connectivity index (χ3n) is 8.33. The van der Waals surface area contributed by atoms with Crippen molar-refractivity contribution in [3.63, 3.8) is 0 Å². The van der Waals surface area contributed by atoms with Crippen molar-refractivity contribution in [1.82, 2.24) is 10.3 Å². The van der Waals surface area contributed by atoms with Crippen molar-refractivity contribution >= 4 is 52.5 Å². The van der Waals surface area contributed by atoms with Gasteiger partial charge >= 0.3 is 6.09 Å². The van der Waals surface area contributed by atoms with E-state index in [1.54, 1.807) is 13.0 Å². The Morgan fingerprint density at radius 1 is 1.07 bits per heavy atom. The molecule has 5 rings (SSSR count). The summed E-state index contributed by atoms with van der Waals surface area (Å²) in [7, 11) is 0. The van der Waals surface area contributed by atoms with Crippen molar-refractivity contribution < 1.29 is 19.1 Å². The predicted molar refractivity (Wildman–Crippen MR) is 176 cm³/mol. The maximum atomic E-state index is 13.0. The summed E-state index contributed by atoms with van der Waals surface area (Å²) >= 11 is 14.2. The van der Waals surface area contributed by atoms with Gasteiger partial charge in [-0.3, -0.25) is 4.79 Å². The minimum Gasteiger partial charge on any atom is -0.486 e. The summed E-state index contributed by atoms with van der Waals surface area (Å²) in [5.41, 5.74) is 1.63. The number of hydrogen-bond donors (Lipinski definition) is 1. The zero-order valence-corrected chi connectivity index (χ0v) is 28.0. The normalized spacial score (nSPS) is 17.9. The molecular formula is C34H39Cl2N3O4S. The number of ketones is 1. The first kappa shape index (κ1) is 32.5. The first-order valence-electron chi connectivity index (χ1n) is 15.0. The number of rotatable bonds is 8. The molecule has 0 radical (unpaired) electrons. The van der Waals surface area contributed by atoms with Gasteiger partial charge in [-0.15, -0.1) is 0 Å². The van der Waals surface area contributed by atoms with Crippen LogP contribution >= 0.6 is 35.0 Å². The first-order valence-corrected chi connectivity index (χ1v) is 16.6. The lowest BCUT2D eigenvalue weighted by molar-refractivity contribution is 0.0442. The molecule has 1 spiro atoms. The largest absolute Gasteiger partial charge is 0.486 e. The summed E-state index contributed by atoms with van der Waals surface area (Å²) < 4.78 is 11.9. The van der Waals surface area contributed by atoms with Crippen molar-refractivity contribution in [2.45, 2.75) is 88.0 Å². The molecule has 0 bridgehead atoms. The van der Waals surface area contributed by atoms with Crippen LogP contribution in [0.3, 0.4) is 0 Å². The summed E-state index contributed by atoms with van der Waals surface area (Å²) in [6.07, 6.45) is 4.48. The van der Waals surface area contributed by atoms with Gasteiger partial charge in [0.05, 0.1) is 15.7 Å². The number of piperidine rings is 1. The fraction of sp³-hybridized carbons (Fsp3) is 0.441. The molecule has 2 aromatic carbocycles. The molecular weight excluding hydrogens is 617 g/mol. The third kappa shape index (κ3) is 7.64. The lowest BCUT2D eigenvalue weighted by Gasteiger charge is -2.44. The van der Waals surface area contributed by atoms with Crippen molar-refractivity contribution in [3.8, 4) is 5.75 Å². The molecule has 1 aromatic heterocycles. The van der Waals surface area contributed by atoms with E-state index in [0.29, 0.717) is 33.1 Å². The minimum absolute atomic E-state index is 0.00295. The fourth-order valence-electron chi connectivity index (χ4n) is 6.15. The highest BCUT2D eigenvalue weighted by atomic mass is 35.5. The second-order valence-corrected chi connectivity index (χ2v) is 14.4. The molecule has 1 atom stereocenters. The van der Waals surface area contributed by atoms with Gasteiger partial charge in [0.1, 0.15) is 22.9 Å². The Labute approximate surface area is 274 Å². The Morgan fingerprint density at radius 2 is 1.80 bits per heavy atom. The molecule has 1 saturated carbocycles. The molecule has 1 amide bonds. The van der Waals surface area contributed by atoms with Crippen LogP contribution in [0.1, 0.15) is 75.9 Å². The highest BCUT2D eigenvalue weighted by molar-refractivity contribution is 7.99. The standard InChI is InChI=1S/C34H39Cl2N3O4S/c1-22(40)30-25(39-18-16-34(17-19-39)15-9-14-28(34)37-32(41)43-33(2,3)4)20-26(42-21-23-10-6-5-7-11-23)31(38-30)44-27-13-8-12-24(35)29(27)36/h5-8,10-13,20,28H,9,14-19,21H2,1-4H3,(H,37,41)/t28-/m1/s1. The van der Waals surface area contributed by atoms with Crippen LogP contribution in [-0.4, -0.2) is 41.6 Å². The van der Waals surface area contributed by atoms with E-state index in [4.69, 9.17) is 37.7 Å². The first-order chi connectivity index (χ1) is 20.9. The van der Waals surface area contributed by atoms with Crippen LogP contribution in [0, 0.1) is 5.41 Å². The van der Waals surface area contributed by atoms with Crippen LogP contribution in [0.15, 0.2) is 64.5 Å². The number of carbonyl (C=O) groups excluding carboxylic acids is 2. The number of aromatic nitrogens is 1. The van der Waals surface area contributed by atoms with Crippen molar-refractivity contribution in [2.75, 3.05) is 18.0 Å². The zero-order chi connectivity index (χ0) is 31.5. The number of hydrogen-bond acceptors (Lipinski definition) is 7. The molecule has 0 unspecified atom stereocenters. The number of nitrogens with zero attached hydrogens (tertiary/aromatic N) is 2. The van der Waals surface area contributed by atoms with Gasteiger partial charge in [-0.05, 0) is 69.6 Å². The maximum Gasteiger partial charge on any atom is 0.407 e. The number of carbonyl (C=O) groups is 2. The lowest BCUT2D eigenvalue weighted by Crippen LogP contribution is -2.51. The average Bonchev–Trinajstić information content (AvgIpc) is 3.35. The number of pyridine rings is 1. The smallest absolute Gasteiger partial charge is 0.407 e. The molecule has 10 heteroatoms. The van der Waals surface area contributed by atoms with Crippen LogP contribution in [0.5, 0.6) is 5.75 Å². The van der Waals surface area contributed by atoms with E-state index in [2.05, 4.69) is 10.2 Å². The monoisotopic (exact) mass is 655 g/mol. The summed E-state index contributed by atoms with van der Waals surface area (Å²) in [5, 5.41) is 4.59. The van der Waals surface area contributed by atoms with Gasteiger partial charge < -0.3 is 19.7 Å². The van der Waals surface area contributed by atoms with Gasteiger partial charge in [0.15, 0.2) is 11.5 Å².